The van der Waals surface area contributed by atoms with Crippen LogP contribution in [0.2, 0.25) is 0 Å². The molecule has 5 unspecified atom stereocenters. The summed E-state index contributed by atoms with van der Waals surface area (Å²) in [6.45, 7) is 6.80. The summed E-state index contributed by atoms with van der Waals surface area (Å²) in [5.41, 5.74) is 0.838. The fourth-order valence-electron chi connectivity index (χ4n) is 5.46. The number of carboxylic acids is 1. The van der Waals surface area contributed by atoms with Crippen LogP contribution in [-0.2, 0) is 4.79 Å². The second-order valence-electron chi connectivity index (χ2n) is 8.52. The molecule has 138 valence electrons. The van der Waals surface area contributed by atoms with Gasteiger partial charge in [-0.3, -0.25) is 4.79 Å². The van der Waals surface area contributed by atoms with Crippen molar-refractivity contribution in [1.29, 1.82) is 0 Å². The van der Waals surface area contributed by atoms with E-state index in [1.165, 1.54) is 0 Å². The lowest BCUT2D eigenvalue weighted by Gasteiger charge is -2.59. The van der Waals surface area contributed by atoms with Crippen LogP contribution in [0.15, 0.2) is 11.6 Å². The topological polar surface area (TPSA) is 77.8 Å². The largest absolute Gasteiger partial charge is 0.481 e. The van der Waals surface area contributed by atoms with Gasteiger partial charge in [0.1, 0.15) is 0 Å². The molecule has 0 amide bonds. The van der Waals surface area contributed by atoms with Crippen LogP contribution in [0.5, 0.6) is 0 Å². The zero-order valence-electron chi connectivity index (χ0n) is 15.4. The highest BCUT2D eigenvalue weighted by atomic mass is 16.4. The number of rotatable bonds is 7. The molecule has 24 heavy (non-hydrogen) atoms. The van der Waals surface area contributed by atoms with Gasteiger partial charge in [-0.1, -0.05) is 26.8 Å². The Morgan fingerprint density at radius 3 is 2.67 bits per heavy atom. The number of carbonyl (C=O) groups is 1. The lowest BCUT2D eigenvalue weighted by molar-refractivity contribution is -0.138. The van der Waals surface area contributed by atoms with Crippen LogP contribution in [0.1, 0.15) is 65.7 Å². The maximum absolute atomic E-state index is 10.9. The van der Waals surface area contributed by atoms with E-state index in [9.17, 15) is 15.0 Å². The molecule has 4 nitrogen and oxygen atoms in total. The van der Waals surface area contributed by atoms with Crippen LogP contribution in [0.3, 0.4) is 0 Å². The third-order valence-electron chi connectivity index (χ3n) is 7.25. The van der Waals surface area contributed by atoms with Crippen molar-refractivity contribution in [2.24, 2.45) is 28.6 Å². The van der Waals surface area contributed by atoms with Crippen LogP contribution in [0.4, 0.5) is 0 Å². The summed E-state index contributed by atoms with van der Waals surface area (Å²) < 4.78 is 0. The smallest absolute Gasteiger partial charge is 0.303 e. The Hall–Kier alpha value is -0.870. The first-order valence-electron chi connectivity index (χ1n) is 9.43. The average molecular weight is 338 g/mol. The van der Waals surface area contributed by atoms with Crippen LogP contribution < -0.4 is 0 Å². The second-order valence-corrected chi connectivity index (χ2v) is 8.52. The number of aliphatic carboxylic acids is 1. The molecule has 0 aliphatic heterocycles. The number of allylic oxidation sites excluding steroid dienone is 1. The summed E-state index contributed by atoms with van der Waals surface area (Å²) in [5.74, 6) is 0.366. The van der Waals surface area contributed by atoms with Gasteiger partial charge < -0.3 is 15.3 Å². The molecule has 0 saturated heterocycles. The maximum atomic E-state index is 10.9. The number of fused-ring (bicyclic) bond motifs is 1. The van der Waals surface area contributed by atoms with Gasteiger partial charge in [0.25, 0.3) is 0 Å². The minimum atomic E-state index is -0.725. The number of hydrogen-bond acceptors (Lipinski definition) is 3. The third-order valence-corrected chi connectivity index (χ3v) is 7.25. The van der Waals surface area contributed by atoms with E-state index in [0.29, 0.717) is 11.8 Å². The molecule has 3 N–H and O–H groups in total. The molecule has 0 radical (unpaired) electrons. The fraction of sp³-hybridized carbons (Fsp3) is 0.850. The van der Waals surface area contributed by atoms with E-state index in [0.717, 1.165) is 44.1 Å². The monoisotopic (exact) mass is 338 g/mol. The molecule has 5 atom stereocenters. The van der Waals surface area contributed by atoms with Crippen molar-refractivity contribution in [2.75, 3.05) is 13.2 Å². The molecule has 1 saturated carbocycles. The van der Waals surface area contributed by atoms with E-state index in [1.807, 2.05) is 6.92 Å². The minimum Gasteiger partial charge on any atom is -0.481 e. The predicted molar refractivity (Wildman–Crippen MR) is 94.6 cm³/mol. The molecule has 0 bridgehead atoms. The van der Waals surface area contributed by atoms with Gasteiger partial charge in [-0.15, -0.1) is 0 Å². The summed E-state index contributed by atoms with van der Waals surface area (Å²) in [6.07, 6.45) is 8.28. The Bertz CT molecular complexity index is 486. The summed E-state index contributed by atoms with van der Waals surface area (Å²) >= 11 is 0. The standard InChI is InChI=1S/C20H34O4/c1-14(11-18(23)24)7-9-19(3)15(2)8-10-20(13-22)16(12-21)5-4-6-17(19)20/h5,14-15,17,21-22H,4,6-13H2,1-3H3,(H,23,24). The molecule has 0 aromatic carbocycles. The van der Waals surface area contributed by atoms with Gasteiger partial charge in [-0.2, -0.15) is 0 Å². The third kappa shape index (κ3) is 3.41. The molecule has 0 aromatic rings. The summed E-state index contributed by atoms with van der Waals surface area (Å²) in [4.78, 5) is 10.9. The Morgan fingerprint density at radius 2 is 2.08 bits per heavy atom. The summed E-state index contributed by atoms with van der Waals surface area (Å²) in [6, 6.07) is 0. The molecule has 0 heterocycles. The van der Waals surface area contributed by atoms with Crippen LogP contribution in [0.25, 0.3) is 0 Å². The molecular weight excluding hydrogens is 304 g/mol. The van der Waals surface area contributed by atoms with Crippen LogP contribution >= 0.6 is 0 Å². The Labute approximate surface area is 146 Å². The van der Waals surface area contributed by atoms with Crippen molar-refractivity contribution in [1.82, 2.24) is 0 Å². The van der Waals surface area contributed by atoms with Gasteiger partial charge in [0.05, 0.1) is 13.2 Å². The lowest BCUT2D eigenvalue weighted by atomic mass is 9.46. The van der Waals surface area contributed by atoms with Crippen molar-refractivity contribution in [3.8, 4) is 0 Å². The van der Waals surface area contributed by atoms with Crippen molar-refractivity contribution in [3.05, 3.63) is 11.6 Å². The van der Waals surface area contributed by atoms with E-state index in [-0.39, 0.29) is 36.4 Å². The van der Waals surface area contributed by atoms with E-state index in [4.69, 9.17) is 5.11 Å². The SMILES string of the molecule is CC(CCC1(C)C(C)CCC2(CO)C(CO)=CCCC21)CC(=O)O. The first-order chi connectivity index (χ1) is 11.3. The number of aliphatic hydroxyl groups excluding tert-OH is 2. The Kier molecular flexibility index (Phi) is 6.14. The maximum Gasteiger partial charge on any atom is 0.303 e. The van der Waals surface area contributed by atoms with Crippen molar-refractivity contribution in [2.45, 2.75) is 65.7 Å². The van der Waals surface area contributed by atoms with E-state index >= 15 is 0 Å². The highest BCUT2D eigenvalue weighted by Crippen LogP contribution is 2.61. The predicted octanol–water partition coefficient (Wildman–Crippen LogP) is 3.62. The van der Waals surface area contributed by atoms with Gasteiger partial charge in [-0.25, -0.2) is 0 Å². The number of hydrogen-bond donors (Lipinski definition) is 3. The van der Waals surface area contributed by atoms with Gasteiger partial charge in [0.15, 0.2) is 0 Å². The second kappa shape index (κ2) is 7.57. The molecule has 1 fully saturated rings. The molecule has 0 spiro atoms. The van der Waals surface area contributed by atoms with Gasteiger partial charge in [0, 0.05) is 11.8 Å². The summed E-state index contributed by atoms with van der Waals surface area (Å²) in [7, 11) is 0. The van der Waals surface area contributed by atoms with Gasteiger partial charge in [-0.05, 0) is 67.3 Å². The fourth-order valence-corrected chi connectivity index (χ4v) is 5.46. The van der Waals surface area contributed by atoms with Gasteiger partial charge in [0.2, 0.25) is 0 Å². The first kappa shape index (κ1) is 19.5. The van der Waals surface area contributed by atoms with Gasteiger partial charge >= 0.3 is 5.97 Å². The van der Waals surface area contributed by atoms with E-state index in [1.54, 1.807) is 0 Å². The van der Waals surface area contributed by atoms with Crippen molar-refractivity contribution >= 4 is 5.97 Å². The Morgan fingerprint density at radius 1 is 1.38 bits per heavy atom. The molecule has 2 aliphatic rings. The minimum absolute atomic E-state index is 0.0386. The average Bonchev–Trinajstić information content (AvgIpc) is 2.55. The normalized spacial score (nSPS) is 37.5. The van der Waals surface area contributed by atoms with E-state index in [2.05, 4.69) is 19.9 Å². The molecule has 0 aromatic heterocycles. The number of aliphatic hydroxyl groups is 2. The molecule has 2 rings (SSSR count). The Balaban J connectivity index is 2.23. The van der Waals surface area contributed by atoms with E-state index < -0.39 is 5.97 Å². The van der Waals surface area contributed by atoms with Crippen LogP contribution in [-0.4, -0.2) is 34.5 Å². The quantitative estimate of drug-likeness (QED) is 0.620. The molecule has 4 heteroatoms. The summed E-state index contributed by atoms with van der Waals surface area (Å²) in [5, 5.41) is 29.1. The highest BCUT2D eigenvalue weighted by Gasteiger charge is 2.55. The van der Waals surface area contributed by atoms with Crippen LogP contribution in [0, 0.1) is 28.6 Å². The number of carboxylic acid groups (broad SMARTS) is 1. The van der Waals surface area contributed by atoms with Crippen molar-refractivity contribution < 1.29 is 20.1 Å². The van der Waals surface area contributed by atoms with Crippen molar-refractivity contribution in [3.63, 3.8) is 0 Å². The zero-order valence-corrected chi connectivity index (χ0v) is 15.4. The lowest BCUT2D eigenvalue weighted by Crippen LogP contribution is -2.53. The zero-order chi connectivity index (χ0) is 18.0. The molecule has 2 aliphatic carbocycles. The first-order valence-corrected chi connectivity index (χ1v) is 9.43. The molecular formula is C20H34O4. The highest BCUT2D eigenvalue weighted by molar-refractivity contribution is 5.66.